The molecule has 1 aromatic heterocycles. The Balaban J connectivity index is 1.68. The molecule has 8 heteroatoms. The highest BCUT2D eigenvalue weighted by Gasteiger charge is 2.15. The Labute approximate surface area is 160 Å². The Bertz CT molecular complexity index is 1020. The van der Waals surface area contributed by atoms with Crippen LogP contribution in [0.2, 0.25) is 5.02 Å². The second-order valence-electron chi connectivity index (χ2n) is 5.64. The van der Waals surface area contributed by atoms with Gasteiger partial charge in [0.25, 0.3) is 0 Å². The Kier molecular flexibility index (Phi) is 5.72. The summed E-state index contributed by atoms with van der Waals surface area (Å²) >= 11 is 7.33. The van der Waals surface area contributed by atoms with Gasteiger partial charge in [-0.2, -0.15) is 0 Å². The molecular weight excluding hydrogens is 395 g/mol. The summed E-state index contributed by atoms with van der Waals surface area (Å²) in [4.78, 5) is 5.62. The molecule has 0 radical (unpaired) electrons. The molecule has 0 aliphatic carbocycles. The zero-order chi connectivity index (χ0) is 18.7. The Morgan fingerprint density at radius 2 is 1.92 bits per heavy atom. The number of sulfonamides is 1. The summed E-state index contributed by atoms with van der Waals surface area (Å²) in [6, 6.07) is 12.3. The SMILES string of the molecule is Cc1nc(-c2ccc(F)cc2)sc1CCNS(=O)(=O)c1cccc(Cl)c1. The predicted molar refractivity (Wildman–Crippen MR) is 103 cm³/mol. The molecule has 0 atom stereocenters. The monoisotopic (exact) mass is 410 g/mol. The maximum atomic E-state index is 13.0. The Morgan fingerprint density at radius 3 is 2.62 bits per heavy atom. The number of rotatable bonds is 6. The smallest absolute Gasteiger partial charge is 0.240 e. The van der Waals surface area contributed by atoms with E-state index in [1.165, 1.54) is 35.6 Å². The molecule has 1 N–H and O–H groups in total. The topological polar surface area (TPSA) is 59.1 Å². The van der Waals surface area contributed by atoms with E-state index < -0.39 is 10.0 Å². The van der Waals surface area contributed by atoms with Crippen LogP contribution >= 0.6 is 22.9 Å². The third kappa shape index (κ3) is 4.48. The van der Waals surface area contributed by atoms with Crippen molar-refractivity contribution in [3.63, 3.8) is 0 Å². The quantitative estimate of drug-likeness (QED) is 0.653. The molecule has 3 aromatic rings. The van der Waals surface area contributed by atoms with Gasteiger partial charge in [-0.05, 0) is 55.8 Å². The minimum Gasteiger partial charge on any atom is -0.241 e. The fourth-order valence-corrected chi connectivity index (χ4v) is 4.79. The van der Waals surface area contributed by atoms with Crippen LogP contribution in [0.3, 0.4) is 0 Å². The van der Waals surface area contributed by atoms with Crippen molar-refractivity contribution < 1.29 is 12.8 Å². The van der Waals surface area contributed by atoms with Gasteiger partial charge in [-0.1, -0.05) is 17.7 Å². The minimum absolute atomic E-state index is 0.137. The highest BCUT2D eigenvalue weighted by Crippen LogP contribution is 2.28. The number of aromatic nitrogens is 1. The van der Waals surface area contributed by atoms with Crippen LogP contribution in [0, 0.1) is 12.7 Å². The largest absolute Gasteiger partial charge is 0.241 e. The van der Waals surface area contributed by atoms with Gasteiger partial charge < -0.3 is 0 Å². The molecule has 0 aliphatic rings. The molecule has 0 saturated carbocycles. The van der Waals surface area contributed by atoms with Gasteiger partial charge in [-0.15, -0.1) is 11.3 Å². The number of nitrogens with one attached hydrogen (secondary N) is 1. The molecule has 0 saturated heterocycles. The number of halogens is 2. The minimum atomic E-state index is -3.61. The number of hydrogen-bond donors (Lipinski definition) is 1. The molecule has 0 amide bonds. The van der Waals surface area contributed by atoms with E-state index in [9.17, 15) is 12.8 Å². The number of hydrogen-bond acceptors (Lipinski definition) is 4. The zero-order valence-corrected chi connectivity index (χ0v) is 16.3. The van der Waals surface area contributed by atoms with Crippen molar-refractivity contribution in [1.29, 1.82) is 0 Å². The second kappa shape index (κ2) is 7.84. The molecule has 3 rings (SSSR count). The average Bonchev–Trinajstić information content (AvgIpc) is 2.96. The van der Waals surface area contributed by atoms with Gasteiger partial charge in [-0.25, -0.2) is 22.5 Å². The first-order valence-corrected chi connectivity index (χ1v) is 10.5. The van der Waals surface area contributed by atoms with Crippen molar-refractivity contribution in [3.05, 3.63) is 69.9 Å². The summed E-state index contributed by atoms with van der Waals surface area (Å²) in [5, 5.41) is 1.16. The molecular formula is C18H16ClFN2O2S2. The van der Waals surface area contributed by atoms with E-state index in [0.29, 0.717) is 11.4 Å². The van der Waals surface area contributed by atoms with Gasteiger partial charge >= 0.3 is 0 Å². The van der Waals surface area contributed by atoms with Crippen molar-refractivity contribution in [3.8, 4) is 10.6 Å². The predicted octanol–water partition coefficient (Wildman–Crippen LogP) is 4.43. The molecule has 2 aromatic carbocycles. The Hall–Kier alpha value is -1.80. The summed E-state index contributed by atoms with van der Waals surface area (Å²) in [5.41, 5.74) is 1.68. The third-order valence-corrected chi connectivity index (χ3v) is 6.69. The maximum Gasteiger partial charge on any atom is 0.240 e. The number of nitrogens with zero attached hydrogens (tertiary/aromatic N) is 1. The molecule has 0 spiro atoms. The van der Waals surface area contributed by atoms with Crippen LogP contribution in [0.4, 0.5) is 4.39 Å². The van der Waals surface area contributed by atoms with Crippen LogP contribution in [-0.4, -0.2) is 19.9 Å². The van der Waals surface area contributed by atoms with Crippen molar-refractivity contribution in [1.82, 2.24) is 9.71 Å². The van der Waals surface area contributed by atoms with Crippen LogP contribution in [0.25, 0.3) is 10.6 Å². The molecule has 0 aliphatic heterocycles. The van der Waals surface area contributed by atoms with Gasteiger partial charge in [0.2, 0.25) is 10.0 Å². The first kappa shape index (κ1) is 19.0. The molecule has 1 heterocycles. The van der Waals surface area contributed by atoms with E-state index in [4.69, 9.17) is 11.6 Å². The van der Waals surface area contributed by atoms with Gasteiger partial charge in [-0.3, -0.25) is 0 Å². The number of thiazole rings is 1. The molecule has 136 valence electrons. The molecule has 26 heavy (non-hydrogen) atoms. The van der Waals surface area contributed by atoms with E-state index >= 15 is 0 Å². The summed E-state index contributed by atoms with van der Waals surface area (Å²) < 4.78 is 40.2. The van der Waals surface area contributed by atoms with E-state index in [-0.39, 0.29) is 17.3 Å². The lowest BCUT2D eigenvalue weighted by Gasteiger charge is -2.06. The summed E-state index contributed by atoms with van der Waals surface area (Å²) in [7, 11) is -3.61. The van der Waals surface area contributed by atoms with Crippen LogP contribution in [0.15, 0.2) is 53.4 Å². The molecule has 0 bridgehead atoms. The standard InChI is InChI=1S/C18H16ClFN2O2S2/c1-12-17(25-18(22-12)13-5-7-15(20)8-6-13)9-10-21-26(23,24)16-4-2-3-14(19)11-16/h2-8,11,21H,9-10H2,1H3. The van der Waals surface area contributed by atoms with E-state index in [2.05, 4.69) is 9.71 Å². The lowest BCUT2D eigenvalue weighted by molar-refractivity contribution is 0.581. The normalized spacial score (nSPS) is 11.7. The molecule has 0 unspecified atom stereocenters. The second-order valence-corrected chi connectivity index (χ2v) is 8.93. The molecule has 4 nitrogen and oxygen atoms in total. The summed E-state index contributed by atoms with van der Waals surface area (Å²) in [6.45, 7) is 2.13. The first-order valence-electron chi connectivity index (χ1n) is 7.82. The van der Waals surface area contributed by atoms with Gasteiger partial charge in [0.05, 0.1) is 10.6 Å². The number of benzene rings is 2. The lowest BCUT2D eigenvalue weighted by Crippen LogP contribution is -2.25. The fraction of sp³-hybridized carbons (Fsp3) is 0.167. The highest BCUT2D eigenvalue weighted by atomic mass is 35.5. The van der Waals surface area contributed by atoms with Crippen molar-refractivity contribution in [2.24, 2.45) is 0 Å². The van der Waals surface area contributed by atoms with Crippen LogP contribution in [0.5, 0.6) is 0 Å². The summed E-state index contributed by atoms with van der Waals surface area (Å²) in [6.07, 6.45) is 0.518. The van der Waals surface area contributed by atoms with Crippen molar-refractivity contribution in [2.45, 2.75) is 18.2 Å². The van der Waals surface area contributed by atoms with Crippen molar-refractivity contribution in [2.75, 3.05) is 6.54 Å². The Morgan fingerprint density at radius 1 is 1.19 bits per heavy atom. The van der Waals surface area contributed by atoms with Gasteiger partial charge in [0.1, 0.15) is 10.8 Å². The van der Waals surface area contributed by atoms with E-state index in [0.717, 1.165) is 21.1 Å². The van der Waals surface area contributed by atoms with Gasteiger partial charge in [0, 0.05) is 22.0 Å². The van der Waals surface area contributed by atoms with E-state index in [1.807, 2.05) is 6.92 Å². The van der Waals surface area contributed by atoms with Crippen molar-refractivity contribution >= 4 is 33.0 Å². The van der Waals surface area contributed by atoms with E-state index in [1.54, 1.807) is 24.3 Å². The fourth-order valence-electron chi connectivity index (χ4n) is 2.39. The van der Waals surface area contributed by atoms with Crippen LogP contribution in [-0.2, 0) is 16.4 Å². The summed E-state index contributed by atoms with van der Waals surface area (Å²) in [5.74, 6) is -0.294. The van der Waals surface area contributed by atoms with Crippen LogP contribution < -0.4 is 4.72 Å². The molecule has 0 fully saturated rings. The highest BCUT2D eigenvalue weighted by molar-refractivity contribution is 7.89. The van der Waals surface area contributed by atoms with Gasteiger partial charge in [0.15, 0.2) is 0 Å². The zero-order valence-electron chi connectivity index (χ0n) is 13.9. The average molecular weight is 411 g/mol. The lowest BCUT2D eigenvalue weighted by atomic mass is 10.2. The third-order valence-electron chi connectivity index (χ3n) is 3.73. The maximum absolute atomic E-state index is 13.0. The van der Waals surface area contributed by atoms with Crippen LogP contribution in [0.1, 0.15) is 10.6 Å². The first-order chi connectivity index (χ1) is 12.3. The number of aryl methyl sites for hydroxylation is 1.